The summed E-state index contributed by atoms with van der Waals surface area (Å²) in [6.07, 6.45) is 2.13. The Bertz CT molecular complexity index is 1580. The number of rotatable bonds is 9. The number of likely N-dealkylation sites (N-methyl/N-ethyl adjacent to an activating group) is 1. The summed E-state index contributed by atoms with van der Waals surface area (Å²) < 4.78 is 11.8. The molecule has 1 unspecified atom stereocenters. The Morgan fingerprint density at radius 3 is 2.62 bits per heavy atom. The quantitative estimate of drug-likeness (QED) is 0.332. The molecule has 9 nitrogen and oxygen atoms in total. The van der Waals surface area contributed by atoms with Crippen LogP contribution in [0.2, 0.25) is 0 Å². The number of hydrogen-bond acceptors (Lipinski definition) is 6. The summed E-state index contributed by atoms with van der Waals surface area (Å²) in [5.74, 6) is -0.110. The number of aromatic amines is 1. The molecule has 0 bridgehead atoms. The van der Waals surface area contributed by atoms with Crippen molar-refractivity contribution in [3.63, 3.8) is 0 Å². The number of H-pyrrole nitrogens is 1. The number of likely N-dealkylation sites (tertiary alicyclic amines) is 1. The van der Waals surface area contributed by atoms with Gasteiger partial charge in [0.2, 0.25) is 0 Å². The van der Waals surface area contributed by atoms with Crippen molar-refractivity contribution in [2.75, 3.05) is 19.6 Å². The lowest BCUT2D eigenvalue weighted by atomic mass is 9.96. The molecule has 2 heterocycles. The highest BCUT2D eigenvalue weighted by Crippen LogP contribution is 2.26. The molecule has 2 N–H and O–H groups in total. The van der Waals surface area contributed by atoms with E-state index in [4.69, 9.17) is 9.26 Å². The minimum atomic E-state index is -0.776. The van der Waals surface area contributed by atoms with Crippen molar-refractivity contribution in [2.45, 2.75) is 45.9 Å². The van der Waals surface area contributed by atoms with Crippen molar-refractivity contribution in [3.8, 4) is 16.9 Å². The summed E-state index contributed by atoms with van der Waals surface area (Å²) in [5, 5.41) is 3.22. The number of nitrogens with one attached hydrogen (secondary N) is 2. The number of carbonyl (C=O) groups is 1. The molecule has 1 aliphatic heterocycles. The molecule has 9 heteroatoms. The van der Waals surface area contributed by atoms with E-state index in [1.54, 1.807) is 0 Å². The van der Waals surface area contributed by atoms with Crippen LogP contribution in [0.3, 0.4) is 0 Å². The van der Waals surface area contributed by atoms with Crippen molar-refractivity contribution in [3.05, 3.63) is 110 Å². The molecular weight excluding hydrogens is 508 g/mol. The van der Waals surface area contributed by atoms with Crippen molar-refractivity contribution in [1.82, 2.24) is 19.9 Å². The summed E-state index contributed by atoms with van der Waals surface area (Å²) in [6.45, 7) is 7.75. The number of benzene rings is 3. The van der Waals surface area contributed by atoms with Crippen molar-refractivity contribution in [1.29, 1.82) is 0 Å². The van der Waals surface area contributed by atoms with Gasteiger partial charge >= 0.3 is 11.4 Å². The van der Waals surface area contributed by atoms with Crippen molar-refractivity contribution < 1.29 is 14.1 Å². The van der Waals surface area contributed by atoms with Gasteiger partial charge in [0.05, 0.1) is 6.54 Å². The van der Waals surface area contributed by atoms with Gasteiger partial charge < -0.3 is 19.5 Å². The fraction of sp³-hybridized carbons (Fsp3) is 0.323. The van der Waals surface area contributed by atoms with E-state index in [2.05, 4.69) is 34.3 Å². The third kappa shape index (κ3) is 6.60. The molecule has 40 heavy (non-hydrogen) atoms. The zero-order valence-corrected chi connectivity index (χ0v) is 22.8. The maximum Gasteiger partial charge on any atom is 0.440 e. The first-order valence-electron chi connectivity index (χ1n) is 13.6. The Balaban J connectivity index is 1.20. The van der Waals surface area contributed by atoms with Crippen LogP contribution in [0, 0.1) is 6.92 Å². The topological polar surface area (TPSA) is 110 Å². The summed E-state index contributed by atoms with van der Waals surface area (Å²) >= 11 is 0. The number of hydrogen-bond donors (Lipinski definition) is 2. The normalized spacial score (nSPS) is 15.6. The molecular formula is C31H34N4O5. The second-order valence-corrected chi connectivity index (χ2v) is 10.2. The molecule has 5 rings (SSSR count). The van der Waals surface area contributed by atoms with Crippen LogP contribution < -0.4 is 21.5 Å². The van der Waals surface area contributed by atoms with Crippen LogP contribution in [0.1, 0.15) is 46.8 Å². The number of piperidine rings is 1. The van der Waals surface area contributed by atoms with Crippen LogP contribution in [0.5, 0.6) is 5.75 Å². The second-order valence-electron chi connectivity index (χ2n) is 10.2. The van der Waals surface area contributed by atoms with Gasteiger partial charge in [0, 0.05) is 18.2 Å². The predicted octanol–water partition coefficient (Wildman–Crippen LogP) is 3.95. The van der Waals surface area contributed by atoms with Gasteiger partial charge in [-0.1, -0.05) is 43.3 Å². The third-order valence-corrected chi connectivity index (χ3v) is 7.30. The van der Waals surface area contributed by atoms with Gasteiger partial charge in [-0.15, -0.1) is 4.74 Å². The average Bonchev–Trinajstić information content (AvgIpc) is 3.28. The standard InChI is InChI=1S/C31H34N4O5/c1-3-34-15-5-8-26(19-34)32-29(36)25-11-14-28(21(2)16-25)24-7-4-6-23(17-24)20-39-27-12-9-22(10-13-27)18-35-30(37)33-31(38)40-35/h4,6-7,9-14,16-17,26H,3,5,8,15,18-20H2,1-2H3,(H,32,36)(H,33,37,38). The molecule has 0 aliphatic carbocycles. The van der Waals surface area contributed by atoms with Crippen LogP contribution >= 0.6 is 0 Å². The van der Waals surface area contributed by atoms with E-state index in [-0.39, 0.29) is 18.5 Å². The molecule has 1 saturated heterocycles. The van der Waals surface area contributed by atoms with Gasteiger partial charge in [-0.25, -0.2) is 14.6 Å². The Labute approximate surface area is 232 Å². The highest BCUT2D eigenvalue weighted by atomic mass is 16.5. The number of nitrogens with zero attached hydrogens (tertiary/aromatic N) is 2. The van der Waals surface area contributed by atoms with E-state index in [9.17, 15) is 14.4 Å². The Kier molecular flexibility index (Phi) is 8.31. The van der Waals surface area contributed by atoms with E-state index in [1.807, 2.05) is 61.5 Å². The lowest BCUT2D eigenvalue weighted by molar-refractivity contribution is 0.0905. The molecule has 208 valence electrons. The summed E-state index contributed by atoms with van der Waals surface area (Å²) in [5.41, 5.74) is 5.09. The first kappa shape index (κ1) is 27.2. The minimum absolute atomic E-state index is 0.0181. The Morgan fingerprint density at radius 1 is 1.07 bits per heavy atom. The van der Waals surface area contributed by atoms with Crippen molar-refractivity contribution >= 4 is 5.91 Å². The summed E-state index contributed by atoms with van der Waals surface area (Å²) in [7, 11) is 0. The van der Waals surface area contributed by atoms with Gasteiger partial charge in [-0.3, -0.25) is 4.79 Å². The van der Waals surface area contributed by atoms with Crippen LogP contribution in [-0.2, 0) is 13.2 Å². The number of carbonyl (C=O) groups excluding carboxylic acids is 1. The fourth-order valence-corrected chi connectivity index (χ4v) is 5.13. The van der Waals surface area contributed by atoms with E-state index in [1.165, 1.54) is 0 Å². The maximum atomic E-state index is 12.9. The number of amides is 1. The van der Waals surface area contributed by atoms with Crippen LogP contribution in [0.4, 0.5) is 0 Å². The zero-order chi connectivity index (χ0) is 28.1. The van der Waals surface area contributed by atoms with E-state index < -0.39 is 11.4 Å². The molecule has 0 saturated carbocycles. The molecule has 1 atom stereocenters. The molecule has 3 aromatic carbocycles. The highest BCUT2D eigenvalue weighted by Gasteiger charge is 2.21. The van der Waals surface area contributed by atoms with Gasteiger partial charge in [0.25, 0.3) is 5.91 Å². The first-order valence-corrected chi connectivity index (χ1v) is 13.6. The minimum Gasteiger partial charge on any atom is -0.489 e. The van der Waals surface area contributed by atoms with Crippen LogP contribution in [-0.4, -0.2) is 46.2 Å². The van der Waals surface area contributed by atoms with Crippen LogP contribution in [0.15, 0.2) is 80.8 Å². The average molecular weight is 543 g/mol. The third-order valence-electron chi connectivity index (χ3n) is 7.30. The molecule has 1 fully saturated rings. The zero-order valence-electron chi connectivity index (χ0n) is 22.8. The van der Waals surface area contributed by atoms with E-state index in [0.29, 0.717) is 17.9 Å². The number of ether oxygens (including phenoxy) is 1. The molecule has 0 radical (unpaired) electrons. The van der Waals surface area contributed by atoms with Gasteiger partial charge in [-0.2, -0.15) is 0 Å². The molecule has 0 spiro atoms. The number of aryl methyl sites for hydroxylation is 1. The van der Waals surface area contributed by atoms with Crippen LogP contribution in [0.25, 0.3) is 11.1 Å². The number of aromatic nitrogens is 2. The van der Waals surface area contributed by atoms with E-state index in [0.717, 1.165) is 65.0 Å². The monoisotopic (exact) mass is 542 g/mol. The molecule has 1 amide bonds. The fourth-order valence-electron chi connectivity index (χ4n) is 5.13. The SMILES string of the molecule is CCN1CCCC(NC(=O)c2ccc(-c3cccc(COc4ccc(Cn5oc(=O)[nH]c5=O)cc4)c3)c(C)c2)C1. The summed E-state index contributed by atoms with van der Waals surface area (Å²) in [4.78, 5) is 40.2. The van der Waals surface area contributed by atoms with E-state index >= 15 is 0 Å². The molecule has 4 aromatic rings. The first-order chi connectivity index (χ1) is 19.4. The molecule has 1 aliphatic rings. The maximum absolute atomic E-state index is 12.9. The predicted molar refractivity (Wildman–Crippen MR) is 153 cm³/mol. The largest absolute Gasteiger partial charge is 0.489 e. The van der Waals surface area contributed by atoms with Gasteiger partial charge in [0.15, 0.2) is 0 Å². The highest BCUT2D eigenvalue weighted by molar-refractivity contribution is 5.95. The lowest BCUT2D eigenvalue weighted by Crippen LogP contribution is -2.47. The van der Waals surface area contributed by atoms with Crippen molar-refractivity contribution in [2.24, 2.45) is 0 Å². The summed E-state index contributed by atoms with van der Waals surface area (Å²) in [6, 6.07) is 21.5. The van der Waals surface area contributed by atoms with Gasteiger partial charge in [-0.05, 0) is 91.0 Å². The Morgan fingerprint density at radius 2 is 1.90 bits per heavy atom. The van der Waals surface area contributed by atoms with Gasteiger partial charge in [0.1, 0.15) is 12.4 Å². The second kappa shape index (κ2) is 12.2. The lowest BCUT2D eigenvalue weighted by Gasteiger charge is -2.32. The smallest absolute Gasteiger partial charge is 0.440 e. The molecule has 1 aromatic heterocycles. The Hall–Kier alpha value is -4.37.